The van der Waals surface area contributed by atoms with Crippen molar-refractivity contribution >= 4 is 11.9 Å². The zero-order chi connectivity index (χ0) is 26.9. The molecule has 4 nitrogen and oxygen atoms in total. The molecule has 0 bridgehead atoms. The number of rotatable bonds is 25. The number of hydrogen-bond donors (Lipinski definition) is 0. The molecule has 36 heavy (non-hydrogen) atoms. The third-order valence-corrected chi connectivity index (χ3v) is 6.73. The number of esters is 2. The summed E-state index contributed by atoms with van der Waals surface area (Å²) in [5.41, 5.74) is -0.515. The fourth-order valence-electron chi connectivity index (χ4n) is 4.63. The minimum atomic E-state index is -0.515. The van der Waals surface area contributed by atoms with Crippen LogP contribution in [0.4, 0.5) is 0 Å². The van der Waals surface area contributed by atoms with Crippen molar-refractivity contribution in [1.29, 1.82) is 0 Å². The number of unbranched alkanes of at least 4 members (excludes halogenated alkanes) is 18. The lowest BCUT2D eigenvalue weighted by atomic mass is 10.0. The van der Waals surface area contributed by atoms with Crippen LogP contribution in [0.5, 0.6) is 0 Å². The van der Waals surface area contributed by atoms with Gasteiger partial charge in [0.2, 0.25) is 0 Å². The molecule has 0 aliphatic carbocycles. The van der Waals surface area contributed by atoms with Gasteiger partial charge in [-0.05, 0) is 40.0 Å². The Balaban J connectivity index is 4.12. The molecule has 0 aromatic heterocycles. The van der Waals surface area contributed by atoms with Gasteiger partial charge in [-0.2, -0.15) is 0 Å². The highest BCUT2D eigenvalue weighted by molar-refractivity contribution is 5.72. The van der Waals surface area contributed by atoms with Crippen molar-refractivity contribution in [2.45, 2.75) is 194 Å². The second-order valence-corrected chi connectivity index (χ2v) is 11.8. The molecule has 0 amide bonds. The Kier molecular flexibility index (Phi) is 23.6. The molecule has 214 valence electrons. The molecule has 0 aliphatic heterocycles. The first-order chi connectivity index (χ1) is 17.3. The van der Waals surface area contributed by atoms with E-state index in [2.05, 4.69) is 13.8 Å². The third kappa shape index (κ3) is 26.0. The second-order valence-electron chi connectivity index (χ2n) is 11.8. The minimum absolute atomic E-state index is 0.157. The van der Waals surface area contributed by atoms with Gasteiger partial charge in [0.25, 0.3) is 0 Å². The van der Waals surface area contributed by atoms with Crippen molar-refractivity contribution in [2.24, 2.45) is 0 Å². The van der Waals surface area contributed by atoms with Crippen LogP contribution in [0.15, 0.2) is 0 Å². The smallest absolute Gasteiger partial charge is 0.310 e. The Bertz CT molecular complexity index is 509. The van der Waals surface area contributed by atoms with Gasteiger partial charge in [-0.1, -0.05) is 129 Å². The predicted octanol–water partition coefficient (Wildman–Crippen LogP) is 10.3. The summed E-state index contributed by atoms with van der Waals surface area (Å²) in [6.45, 7) is 10.1. The van der Waals surface area contributed by atoms with Crippen molar-refractivity contribution < 1.29 is 19.1 Å². The molecule has 0 aromatic carbocycles. The van der Waals surface area contributed by atoms with Crippen molar-refractivity contribution in [3.05, 3.63) is 0 Å². The molecule has 1 atom stereocenters. The molecule has 0 fully saturated rings. The normalized spacial score (nSPS) is 12.5. The van der Waals surface area contributed by atoms with Gasteiger partial charge in [-0.25, -0.2) is 0 Å². The maximum Gasteiger partial charge on any atom is 0.310 e. The van der Waals surface area contributed by atoms with E-state index >= 15 is 0 Å². The second kappa shape index (κ2) is 24.3. The van der Waals surface area contributed by atoms with E-state index in [4.69, 9.17) is 9.47 Å². The summed E-state index contributed by atoms with van der Waals surface area (Å²) < 4.78 is 11.2. The van der Waals surface area contributed by atoms with Crippen molar-refractivity contribution in [3.8, 4) is 0 Å². The zero-order valence-corrected chi connectivity index (χ0v) is 25.0. The lowest BCUT2D eigenvalue weighted by Gasteiger charge is -2.22. The van der Waals surface area contributed by atoms with Crippen LogP contribution >= 0.6 is 0 Å². The molecule has 0 saturated heterocycles. The minimum Gasteiger partial charge on any atom is -0.462 e. The maximum absolute atomic E-state index is 12.5. The lowest BCUT2D eigenvalue weighted by Crippen LogP contribution is -2.28. The summed E-state index contributed by atoms with van der Waals surface area (Å²) in [5.74, 6) is -0.429. The van der Waals surface area contributed by atoms with Crippen molar-refractivity contribution in [2.75, 3.05) is 0 Å². The van der Waals surface area contributed by atoms with E-state index in [0.717, 1.165) is 32.1 Å². The summed E-state index contributed by atoms with van der Waals surface area (Å²) in [6, 6.07) is 0. The molecular weight excluding hydrogens is 448 g/mol. The Labute approximate surface area is 225 Å². The molecule has 0 heterocycles. The van der Waals surface area contributed by atoms with Crippen LogP contribution in [-0.4, -0.2) is 23.6 Å². The van der Waals surface area contributed by atoms with Gasteiger partial charge in [0.1, 0.15) is 11.7 Å². The number of carbonyl (C=O) groups is 2. The summed E-state index contributed by atoms with van der Waals surface area (Å²) in [7, 11) is 0. The number of carbonyl (C=O) groups excluding carboxylic acids is 2. The Hall–Kier alpha value is -1.06. The van der Waals surface area contributed by atoms with Crippen LogP contribution in [-0.2, 0) is 19.1 Å². The molecule has 0 spiro atoms. The zero-order valence-electron chi connectivity index (χ0n) is 25.0. The van der Waals surface area contributed by atoms with E-state index in [-0.39, 0.29) is 24.5 Å². The highest BCUT2D eigenvalue weighted by Crippen LogP contribution is 2.18. The summed E-state index contributed by atoms with van der Waals surface area (Å²) >= 11 is 0. The quantitative estimate of drug-likeness (QED) is 0.0905. The SMILES string of the molecule is CCCCCCCCCCCCCC(=O)OC(CCCCCCCCCCC)CC(=O)OC(C)(C)C. The first-order valence-corrected chi connectivity index (χ1v) is 15.7. The van der Waals surface area contributed by atoms with E-state index in [1.807, 2.05) is 20.8 Å². The molecule has 0 aromatic rings. The molecular formula is C32H62O4. The maximum atomic E-state index is 12.5. The molecule has 0 saturated carbocycles. The van der Waals surface area contributed by atoms with Crippen LogP contribution in [0.2, 0.25) is 0 Å². The van der Waals surface area contributed by atoms with E-state index in [1.165, 1.54) is 103 Å². The predicted molar refractivity (Wildman–Crippen MR) is 153 cm³/mol. The highest BCUT2D eigenvalue weighted by Gasteiger charge is 2.23. The average Bonchev–Trinajstić information content (AvgIpc) is 2.80. The van der Waals surface area contributed by atoms with E-state index in [0.29, 0.717) is 6.42 Å². The Morgan fingerprint density at radius 3 is 1.36 bits per heavy atom. The van der Waals surface area contributed by atoms with Crippen LogP contribution < -0.4 is 0 Å². The topological polar surface area (TPSA) is 52.6 Å². The molecule has 1 unspecified atom stereocenters. The largest absolute Gasteiger partial charge is 0.462 e. The summed E-state index contributed by atoms with van der Waals surface area (Å²) in [5, 5.41) is 0. The molecule has 4 heteroatoms. The first kappa shape index (κ1) is 34.9. The van der Waals surface area contributed by atoms with Crippen molar-refractivity contribution in [3.63, 3.8) is 0 Å². The third-order valence-electron chi connectivity index (χ3n) is 6.73. The van der Waals surface area contributed by atoms with Crippen LogP contribution in [0.1, 0.15) is 182 Å². The summed E-state index contributed by atoms with van der Waals surface area (Å²) in [6.07, 6.45) is 26.2. The lowest BCUT2D eigenvalue weighted by molar-refractivity contribution is -0.161. The standard InChI is InChI=1S/C32H62O4/c1-6-8-10-12-14-16-17-19-21-23-25-27-30(33)35-29(28-31(34)36-32(3,4)5)26-24-22-20-18-15-13-11-9-7-2/h29H,6-28H2,1-5H3. The van der Waals surface area contributed by atoms with Crippen LogP contribution in [0, 0.1) is 0 Å². The van der Waals surface area contributed by atoms with Crippen LogP contribution in [0.3, 0.4) is 0 Å². The van der Waals surface area contributed by atoms with Gasteiger partial charge in [0, 0.05) is 6.42 Å². The van der Waals surface area contributed by atoms with Gasteiger partial charge >= 0.3 is 11.9 Å². The van der Waals surface area contributed by atoms with Gasteiger partial charge in [0.05, 0.1) is 6.42 Å². The summed E-state index contributed by atoms with van der Waals surface area (Å²) in [4.78, 5) is 24.8. The van der Waals surface area contributed by atoms with Gasteiger partial charge in [-0.3, -0.25) is 9.59 Å². The molecule has 0 aliphatic rings. The van der Waals surface area contributed by atoms with E-state index in [1.54, 1.807) is 0 Å². The first-order valence-electron chi connectivity index (χ1n) is 15.7. The Morgan fingerprint density at radius 2 is 0.944 bits per heavy atom. The van der Waals surface area contributed by atoms with E-state index in [9.17, 15) is 9.59 Å². The molecule has 0 radical (unpaired) electrons. The number of ether oxygens (including phenoxy) is 2. The average molecular weight is 511 g/mol. The van der Waals surface area contributed by atoms with Crippen molar-refractivity contribution in [1.82, 2.24) is 0 Å². The fraction of sp³-hybridized carbons (Fsp3) is 0.938. The fourth-order valence-corrected chi connectivity index (χ4v) is 4.63. The Morgan fingerprint density at radius 1 is 0.556 bits per heavy atom. The van der Waals surface area contributed by atoms with Gasteiger partial charge in [-0.15, -0.1) is 0 Å². The van der Waals surface area contributed by atoms with Gasteiger partial charge in [0.15, 0.2) is 0 Å². The highest BCUT2D eigenvalue weighted by atomic mass is 16.6. The monoisotopic (exact) mass is 510 g/mol. The van der Waals surface area contributed by atoms with Crippen LogP contribution in [0.25, 0.3) is 0 Å². The van der Waals surface area contributed by atoms with Gasteiger partial charge < -0.3 is 9.47 Å². The molecule has 0 rings (SSSR count). The number of hydrogen-bond acceptors (Lipinski definition) is 4. The molecule has 0 N–H and O–H groups in total. The van der Waals surface area contributed by atoms with E-state index < -0.39 is 5.60 Å².